The molecule has 0 atom stereocenters. The number of hydrogen-bond acceptors (Lipinski definition) is 3. The van der Waals surface area contributed by atoms with Crippen LogP contribution in [0.4, 0.5) is 34.1 Å². The summed E-state index contributed by atoms with van der Waals surface area (Å²) < 4.78 is 2.58. The standard InChI is InChI=1S/C61H65BN4.C2H6/c1-38(2)47-25-20-26-48(39(3)4)55(47)58-63-51-35-42(61(11,12)13)34-50-57(51)66(58)54-37-46(64(43-21-16-14-17-22-43)44-23-18-15-19-24-44)36-53-56(54)62(50)49-33-41(60(8,9)10)29-32-52(49)65(53)45-30-27-40(28-31-45)59(5,6)7;1-2/h14-39H,1-13H3;1-2H3. The summed E-state index contributed by atoms with van der Waals surface area (Å²) in [7, 11) is 0. The second-order valence-electron chi connectivity index (χ2n) is 22.6. The van der Waals surface area contributed by atoms with Crippen molar-refractivity contribution in [3.63, 3.8) is 0 Å². The molecule has 0 saturated carbocycles. The maximum absolute atomic E-state index is 5.88. The molecular formula is C63H71BN4. The average Bonchev–Trinajstić information content (AvgIpc) is 3.70. The highest BCUT2D eigenvalue weighted by molar-refractivity contribution is 7.00. The second-order valence-corrected chi connectivity index (χ2v) is 22.6. The van der Waals surface area contributed by atoms with Crippen molar-refractivity contribution < 1.29 is 0 Å². The summed E-state index contributed by atoms with van der Waals surface area (Å²) in [5.41, 5.74) is 22.0. The average molecular weight is 895 g/mol. The number of benzene rings is 7. The van der Waals surface area contributed by atoms with Crippen molar-refractivity contribution in [2.24, 2.45) is 0 Å². The summed E-state index contributed by atoms with van der Waals surface area (Å²) in [4.78, 5) is 10.9. The number of imidazole rings is 1. The van der Waals surface area contributed by atoms with Gasteiger partial charge in [-0.3, -0.25) is 4.57 Å². The van der Waals surface area contributed by atoms with Crippen LogP contribution in [0.2, 0.25) is 0 Å². The van der Waals surface area contributed by atoms with Crippen molar-refractivity contribution in [1.82, 2.24) is 9.55 Å². The molecule has 5 heteroatoms. The molecule has 2 aliphatic heterocycles. The third-order valence-corrected chi connectivity index (χ3v) is 14.2. The van der Waals surface area contributed by atoms with Crippen LogP contribution in [0.3, 0.4) is 0 Å². The van der Waals surface area contributed by atoms with Gasteiger partial charge < -0.3 is 9.80 Å². The number of hydrogen-bond donors (Lipinski definition) is 0. The number of rotatable bonds is 7. The third-order valence-electron chi connectivity index (χ3n) is 14.2. The topological polar surface area (TPSA) is 24.3 Å². The Labute approximate surface area is 408 Å². The zero-order valence-electron chi connectivity index (χ0n) is 43.4. The van der Waals surface area contributed by atoms with E-state index >= 15 is 0 Å². The number of anilines is 6. The summed E-state index contributed by atoms with van der Waals surface area (Å²) in [5, 5.41) is 0. The van der Waals surface area contributed by atoms with Gasteiger partial charge in [0.1, 0.15) is 5.82 Å². The van der Waals surface area contributed by atoms with Crippen LogP contribution in [0.25, 0.3) is 28.1 Å². The Balaban J connectivity index is 0.00000285. The molecule has 10 rings (SSSR count). The number of aromatic nitrogens is 2. The molecule has 68 heavy (non-hydrogen) atoms. The van der Waals surface area contributed by atoms with Crippen molar-refractivity contribution in [3.05, 3.63) is 173 Å². The molecule has 0 fully saturated rings. The van der Waals surface area contributed by atoms with E-state index in [4.69, 9.17) is 4.98 Å². The summed E-state index contributed by atoms with van der Waals surface area (Å²) in [6, 6.07) is 55.2. The molecule has 0 N–H and O–H groups in total. The van der Waals surface area contributed by atoms with Crippen LogP contribution in [-0.2, 0) is 16.2 Å². The zero-order chi connectivity index (χ0) is 48.6. The fourth-order valence-electron chi connectivity index (χ4n) is 10.6. The Kier molecular flexibility index (Phi) is 11.9. The van der Waals surface area contributed by atoms with E-state index in [1.54, 1.807) is 0 Å². The van der Waals surface area contributed by atoms with E-state index in [2.05, 4.69) is 250 Å². The quantitative estimate of drug-likeness (QED) is 0.149. The Morgan fingerprint density at radius 1 is 0.485 bits per heavy atom. The molecule has 0 aliphatic carbocycles. The molecule has 8 aromatic rings. The van der Waals surface area contributed by atoms with Crippen LogP contribution in [0, 0.1) is 0 Å². The van der Waals surface area contributed by atoms with Gasteiger partial charge in [-0.1, -0.05) is 189 Å². The molecule has 2 aliphatic rings. The maximum atomic E-state index is 5.88. The molecule has 0 radical (unpaired) electrons. The Bertz CT molecular complexity index is 3070. The van der Waals surface area contributed by atoms with E-state index in [1.807, 2.05) is 13.8 Å². The van der Waals surface area contributed by atoms with Gasteiger partial charge in [0.2, 0.25) is 0 Å². The molecule has 0 unspecified atom stereocenters. The summed E-state index contributed by atoms with van der Waals surface area (Å²) in [6.07, 6.45) is 0. The third kappa shape index (κ3) is 7.96. The minimum atomic E-state index is -0.0992. The molecule has 4 nitrogen and oxygen atoms in total. The lowest BCUT2D eigenvalue weighted by Crippen LogP contribution is -2.61. The number of nitrogens with zero attached hydrogens (tertiary/aromatic N) is 4. The van der Waals surface area contributed by atoms with Crippen LogP contribution in [0.5, 0.6) is 0 Å². The van der Waals surface area contributed by atoms with Crippen LogP contribution in [-0.4, -0.2) is 16.3 Å². The van der Waals surface area contributed by atoms with Crippen LogP contribution in [0.1, 0.15) is 144 Å². The van der Waals surface area contributed by atoms with Gasteiger partial charge in [-0.25, -0.2) is 4.98 Å². The van der Waals surface area contributed by atoms with E-state index in [-0.39, 0.29) is 23.0 Å². The number of fused-ring (bicyclic) bond motifs is 4. The highest BCUT2D eigenvalue weighted by Crippen LogP contribution is 2.47. The molecule has 0 bridgehead atoms. The van der Waals surface area contributed by atoms with Crippen molar-refractivity contribution in [3.8, 4) is 17.1 Å². The van der Waals surface area contributed by atoms with Gasteiger partial charge in [-0.05, 0) is 133 Å². The van der Waals surface area contributed by atoms with Crippen molar-refractivity contribution in [1.29, 1.82) is 0 Å². The minimum absolute atomic E-state index is 0.0226. The Morgan fingerprint density at radius 3 is 1.53 bits per heavy atom. The van der Waals surface area contributed by atoms with Gasteiger partial charge in [0.15, 0.2) is 0 Å². The molecule has 0 saturated heterocycles. The van der Waals surface area contributed by atoms with Gasteiger partial charge in [-0.15, -0.1) is 0 Å². The second kappa shape index (κ2) is 17.3. The molecule has 7 aromatic carbocycles. The molecule has 1 aromatic heterocycles. The summed E-state index contributed by atoms with van der Waals surface area (Å²) in [5.74, 6) is 1.62. The van der Waals surface area contributed by atoms with Gasteiger partial charge in [0.05, 0.1) is 16.7 Å². The number of para-hydroxylation sites is 2. The first-order valence-electron chi connectivity index (χ1n) is 25.1. The fraction of sp³-hybridized carbons (Fsp3) is 0.317. The van der Waals surface area contributed by atoms with Gasteiger partial charge in [-0.2, -0.15) is 0 Å². The van der Waals surface area contributed by atoms with E-state index in [9.17, 15) is 0 Å². The van der Waals surface area contributed by atoms with E-state index in [0.29, 0.717) is 11.8 Å². The van der Waals surface area contributed by atoms with E-state index < -0.39 is 0 Å². The lowest BCUT2D eigenvalue weighted by atomic mass is 9.33. The first-order valence-corrected chi connectivity index (χ1v) is 25.1. The molecule has 346 valence electrons. The highest BCUT2D eigenvalue weighted by atomic mass is 15.2. The maximum Gasteiger partial charge on any atom is 0.252 e. The SMILES string of the molecule is CC.CC(C)c1cccc(C(C)C)c1-c1nc2cc(C(C)(C)C)cc3c2n1-c1cc(N(c2ccccc2)c2ccccc2)cc2c1B3c1cc(C(C)(C)C)ccc1N2c1ccc(C(C)(C)C)cc1. The van der Waals surface area contributed by atoms with Gasteiger partial charge in [0.25, 0.3) is 6.71 Å². The molecule has 0 amide bonds. The minimum Gasteiger partial charge on any atom is -0.311 e. The lowest BCUT2D eigenvalue weighted by Gasteiger charge is -2.42. The fourth-order valence-corrected chi connectivity index (χ4v) is 10.6. The van der Waals surface area contributed by atoms with Gasteiger partial charge in [0, 0.05) is 39.7 Å². The monoisotopic (exact) mass is 895 g/mol. The van der Waals surface area contributed by atoms with Crippen molar-refractivity contribution in [2.45, 2.75) is 132 Å². The van der Waals surface area contributed by atoms with Crippen molar-refractivity contribution in [2.75, 3.05) is 9.80 Å². The predicted molar refractivity (Wildman–Crippen MR) is 296 cm³/mol. The first kappa shape index (κ1) is 46.8. The smallest absolute Gasteiger partial charge is 0.252 e. The largest absolute Gasteiger partial charge is 0.311 e. The lowest BCUT2D eigenvalue weighted by molar-refractivity contribution is 0.590. The highest BCUT2D eigenvalue weighted by Gasteiger charge is 2.44. The van der Waals surface area contributed by atoms with Crippen molar-refractivity contribution >= 4 is 68.3 Å². The van der Waals surface area contributed by atoms with E-state index in [1.165, 1.54) is 72.3 Å². The van der Waals surface area contributed by atoms with Crippen LogP contribution in [0.15, 0.2) is 146 Å². The summed E-state index contributed by atoms with van der Waals surface area (Å²) >= 11 is 0. The first-order chi connectivity index (χ1) is 32.3. The normalized spacial score (nSPS) is 13.1. The predicted octanol–water partition coefficient (Wildman–Crippen LogP) is 15.9. The molecule has 0 spiro atoms. The van der Waals surface area contributed by atoms with E-state index in [0.717, 1.165) is 34.1 Å². The Hall–Kier alpha value is -6.33. The van der Waals surface area contributed by atoms with Crippen LogP contribution < -0.4 is 26.2 Å². The van der Waals surface area contributed by atoms with Crippen LogP contribution >= 0.6 is 0 Å². The molecule has 3 heterocycles. The summed E-state index contributed by atoms with van der Waals surface area (Å²) in [6.45, 7) is 34.2. The zero-order valence-corrected chi connectivity index (χ0v) is 43.4. The van der Waals surface area contributed by atoms with Gasteiger partial charge >= 0.3 is 0 Å². The Morgan fingerprint density at radius 2 is 1.00 bits per heavy atom. The molecular weight excluding hydrogens is 824 g/mol.